The molecule has 1 heterocycles. The normalized spacial score (nSPS) is 12.2. The van der Waals surface area contributed by atoms with Crippen LogP contribution >= 0.6 is 0 Å². The van der Waals surface area contributed by atoms with Gasteiger partial charge in [-0.05, 0) is 50.5 Å². The first-order valence-electron chi connectivity index (χ1n) is 6.45. The molecule has 2 aromatic rings. The highest BCUT2D eigenvalue weighted by Gasteiger charge is 2.13. The van der Waals surface area contributed by atoms with Gasteiger partial charge in [0.25, 0.3) is 5.91 Å². The maximum Gasteiger partial charge on any atom is 0.251 e. The molecule has 100 valence electrons. The van der Waals surface area contributed by atoms with Crippen molar-refractivity contribution in [1.82, 2.24) is 5.32 Å². The third-order valence-corrected chi connectivity index (χ3v) is 3.14. The minimum Gasteiger partial charge on any atom is -0.472 e. The van der Waals surface area contributed by atoms with Crippen LogP contribution in [0.15, 0.2) is 41.2 Å². The topological polar surface area (TPSA) is 42.2 Å². The maximum atomic E-state index is 12.2. The summed E-state index contributed by atoms with van der Waals surface area (Å²) in [5, 5.41) is 3.02. The number of hydrogen-bond acceptors (Lipinski definition) is 2. The van der Waals surface area contributed by atoms with E-state index in [1.165, 1.54) is 0 Å². The molecule has 1 N–H and O–H groups in total. The highest BCUT2D eigenvalue weighted by Crippen LogP contribution is 2.11. The van der Waals surface area contributed by atoms with Crippen LogP contribution in [0.2, 0.25) is 0 Å². The number of rotatable bonds is 4. The molecule has 0 fully saturated rings. The monoisotopic (exact) mass is 257 g/mol. The summed E-state index contributed by atoms with van der Waals surface area (Å²) in [7, 11) is 0. The molecule has 1 amide bonds. The molecule has 1 unspecified atom stereocenters. The number of carbonyl (C=O) groups is 1. The van der Waals surface area contributed by atoms with E-state index in [9.17, 15) is 4.79 Å². The molecule has 1 atom stereocenters. The van der Waals surface area contributed by atoms with Crippen molar-refractivity contribution >= 4 is 5.91 Å². The SMILES string of the molecule is Cc1ccc(C)c(C(=O)NC(C)Cc2ccoc2)c1. The lowest BCUT2D eigenvalue weighted by molar-refractivity contribution is 0.0939. The molecule has 1 aromatic carbocycles. The summed E-state index contributed by atoms with van der Waals surface area (Å²) < 4.78 is 5.03. The van der Waals surface area contributed by atoms with E-state index in [1.807, 2.05) is 45.0 Å². The largest absolute Gasteiger partial charge is 0.472 e. The van der Waals surface area contributed by atoms with Crippen molar-refractivity contribution in [3.05, 3.63) is 59.0 Å². The van der Waals surface area contributed by atoms with Gasteiger partial charge < -0.3 is 9.73 Å². The molecule has 0 aliphatic carbocycles. The Bertz CT molecular complexity index is 558. The zero-order valence-corrected chi connectivity index (χ0v) is 11.6. The van der Waals surface area contributed by atoms with Gasteiger partial charge in [-0.1, -0.05) is 17.7 Å². The van der Waals surface area contributed by atoms with Gasteiger partial charge in [0.05, 0.1) is 12.5 Å². The van der Waals surface area contributed by atoms with Crippen molar-refractivity contribution in [3.63, 3.8) is 0 Å². The highest BCUT2D eigenvalue weighted by molar-refractivity contribution is 5.96. The standard InChI is InChI=1S/C16H19NO2/c1-11-4-5-12(2)15(8-11)16(18)17-13(3)9-14-6-7-19-10-14/h4-8,10,13H,9H2,1-3H3,(H,17,18). The van der Waals surface area contributed by atoms with Crippen LogP contribution in [0.1, 0.15) is 34.0 Å². The van der Waals surface area contributed by atoms with Gasteiger partial charge in [0.1, 0.15) is 0 Å². The number of aryl methyl sites for hydroxylation is 2. The number of benzene rings is 1. The predicted octanol–water partition coefficient (Wildman–Crippen LogP) is 3.26. The van der Waals surface area contributed by atoms with Crippen LogP contribution in [0.3, 0.4) is 0 Å². The number of nitrogens with one attached hydrogen (secondary N) is 1. The third kappa shape index (κ3) is 3.47. The average molecular weight is 257 g/mol. The fourth-order valence-corrected chi connectivity index (χ4v) is 2.10. The van der Waals surface area contributed by atoms with E-state index in [-0.39, 0.29) is 11.9 Å². The van der Waals surface area contributed by atoms with Gasteiger partial charge in [-0.15, -0.1) is 0 Å². The summed E-state index contributed by atoms with van der Waals surface area (Å²) in [5.74, 6) is -0.0165. The van der Waals surface area contributed by atoms with E-state index in [0.717, 1.165) is 28.7 Å². The second kappa shape index (κ2) is 5.74. The molecular formula is C16H19NO2. The summed E-state index contributed by atoms with van der Waals surface area (Å²) >= 11 is 0. The van der Waals surface area contributed by atoms with Crippen LogP contribution in [0, 0.1) is 13.8 Å². The predicted molar refractivity (Wildman–Crippen MR) is 75.3 cm³/mol. The van der Waals surface area contributed by atoms with Gasteiger partial charge in [-0.25, -0.2) is 0 Å². The molecular weight excluding hydrogens is 238 g/mol. The highest BCUT2D eigenvalue weighted by atomic mass is 16.3. The van der Waals surface area contributed by atoms with Gasteiger partial charge >= 0.3 is 0 Å². The Kier molecular flexibility index (Phi) is 4.05. The zero-order valence-electron chi connectivity index (χ0n) is 11.6. The molecule has 0 saturated carbocycles. The Morgan fingerprint density at radius 3 is 2.79 bits per heavy atom. The fourth-order valence-electron chi connectivity index (χ4n) is 2.10. The number of amides is 1. The van der Waals surface area contributed by atoms with Crippen LogP contribution in [-0.2, 0) is 6.42 Å². The minimum absolute atomic E-state index is 0.0165. The van der Waals surface area contributed by atoms with E-state index in [4.69, 9.17) is 4.42 Å². The number of furan rings is 1. The van der Waals surface area contributed by atoms with E-state index < -0.39 is 0 Å². The summed E-state index contributed by atoms with van der Waals surface area (Å²) in [4.78, 5) is 12.2. The van der Waals surface area contributed by atoms with Crippen LogP contribution in [0.4, 0.5) is 0 Å². The first-order chi connectivity index (χ1) is 9.06. The smallest absolute Gasteiger partial charge is 0.251 e. The molecule has 3 heteroatoms. The van der Waals surface area contributed by atoms with Crippen LogP contribution in [0.25, 0.3) is 0 Å². The Morgan fingerprint density at radius 2 is 2.11 bits per heavy atom. The lowest BCUT2D eigenvalue weighted by atomic mass is 10.0. The van der Waals surface area contributed by atoms with Gasteiger partial charge in [0.2, 0.25) is 0 Å². The van der Waals surface area contributed by atoms with Gasteiger partial charge in [-0.3, -0.25) is 4.79 Å². The second-order valence-corrected chi connectivity index (χ2v) is 5.03. The first-order valence-corrected chi connectivity index (χ1v) is 6.45. The Morgan fingerprint density at radius 1 is 1.32 bits per heavy atom. The van der Waals surface area contributed by atoms with Gasteiger partial charge in [0.15, 0.2) is 0 Å². The molecule has 3 nitrogen and oxygen atoms in total. The van der Waals surface area contributed by atoms with Crippen LogP contribution in [0.5, 0.6) is 0 Å². The van der Waals surface area contributed by atoms with Crippen molar-refractivity contribution < 1.29 is 9.21 Å². The first kappa shape index (κ1) is 13.4. The Balaban J connectivity index is 2.02. The van der Waals surface area contributed by atoms with E-state index in [1.54, 1.807) is 12.5 Å². The molecule has 1 aromatic heterocycles. The summed E-state index contributed by atoms with van der Waals surface area (Å²) in [6.07, 6.45) is 4.13. The molecule has 0 spiro atoms. The zero-order chi connectivity index (χ0) is 13.8. The lowest BCUT2D eigenvalue weighted by Crippen LogP contribution is -2.34. The average Bonchev–Trinajstić information content (AvgIpc) is 2.84. The maximum absolute atomic E-state index is 12.2. The lowest BCUT2D eigenvalue weighted by Gasteiger charge is -2.14. The van der Waals surface area contributed by atoms with Crippen LogP contribution in [-0.4, -0.2) is 11.9 Å². The van der Waals surface area contributed by atoms with Crippen LogP contribution < -0.4 is 5.32 Å². The summed E-state index contributed by atoms with van der Waals surface area (Å²) in [5.41, 5.74) is 3.93. The van der Waals surface area contributed by atoms with Crippen molar-refractivity contribution in [2.24, 2.45) is 0 Å². The third-order valence-electron chi connectivity index (χ3n) is 3.14. The molecule has 0 aliphatic heterocycles. The molecule has 0 aliphatic rings. The number of hydrogen-bond donors (Lipinski definition) is 1. The van der Waals surface area contributed by atoms with Crippen molar-refractivity contribution in [2.75, 3.05) is 0 Å². The van der Waals surface area contributed by atoms with E-state index >= 15 is 0 Å². The van der Waals surface area contributed by atoms with E-state index in [0.29, 0.717) is 0 Å². The minimum atomic E-state index is -0.0165. The molecule has 0 saturated heterocycles. The van der Waals surface area contributed by atoms with Crippen molar-refractivity contribution in [3.8, 4) is 0 Å². The molecule has 0 bridgehead atoms. The van der Waals surface area contributed by atoms with Gasteiger partial charge in [0, 0.05) is 11.6 Å². The second-order valence-electron chi connectivity index (χ2n) is 5.03. The fraction of sp³-hybridized carbons (Fsp3) is 0.312. The Hall–Kier alpha value is -2.03. The number of carbonyl (C=O) groups excluding carboxylic acids is 1. The molecule has 19 heavy (non-hydrogen) atoms. The van der Waals surface area contributed by atoms with Crippen molar-refractivity contribution in [2.45, 2.75) is 33.2 Å². The van der Waals surface area contributed by atoms with Gasteiger partial charge in [-0.2, -0.15) is 0 Å². The van der Waals surface area contributed by atoms with E-state index in [2.05, 4.69) is 5.32 Å². The molecule has 2 rings (SSSR count). The summed E-state index contributed by atoms with van der Waals surface area (Å²) in [6.45, 7) is 5.94. The molecule has 0 radical (unpaired) electrons. The van der Waals surface area contributed by atoms with Crippen molar-refractivity contribution in [1.29, 1.82) is 0 Å². The summed E-state index contributed by atoms with van der Waals surface area (Å²) in [6, 6.07) is 7.91. The quantitative estimate of drug-likeness (QED) is 0.913. The Labute approximate surface area is 113 Å².